The van der Waals surface area contributed by atoms with Gasteiger partial charge in [-0.1, -0.05) is 0 Å². The molecule has 1 aromatic rings. The lowest BCUT2D eigenvalue weighted by molar-refractivity contribution is 0.602. The first-order valence-corrected chi connectivity index (χ1v) is 4.88. The summed E-state index contributed by atoms with van der Waals surface area (Å²) in [6.45, 7) is 3.56. The maximum Gasteiger partial charge on any atom is 0.0666 e. The number of hydrogen-bond donors (Lipinski definition) is 1. The molecular weight excluding hydrogens is 168 g/mol. The van der Waals surface area contributed by atoms with Crippen LogP contribution in [0.1, 0.15) is 12.5 Å². The zero-order valence-electron chi connectivity index (χ0n) is 7.08. The quantitative estimate of drug-likeness (QED) is 0.769. The summed E-state index contributed by atoms with van der Waals surface area (Å²) in [5.41, 5.74) is 1.30. The van der Waals surface area contributed by atoms with Crippen LogP contribution in [-0.4, -0.2) is 6.54 Å². The molecule has 0 fully saturated rings. The fourth-order valence-corrected chi connectivity index (χ4v) is 1.54. The lowest BCUT2D eigenvalue weighted by atomic mass is 10.2. The van der Waals surface area contributed by atoms with E-state index in [2.05, 4.69) is 28.2 Å². The second kappa shape index (κ2) is 4.91. The summed E-state index contributed by atoms with van der Waals surface area (Å²) in [5, 5.41) is 15.9. The van der Waals surface area contributed by atoms with E-state index in [9.17, 15) is 0 Å². The first-order valence-electron chi connectivity index (χ1n) is 3.94. The lowest BCUT2D eigenvalue weighted by Gasteiger charge is -2.03. The van der Waals surface area contributed by atoms with Gasteiger partial charge in [-0.05, 0) is 29.3 Å². The van der Waals surface area contributed by atoms with Crippen LogP contribution in [0.2, 0.25) is 0 Å². The van der Waals surface area contributed by atoms with E-state index in [4.69, 9.17) is 5.26 Å². The van der Waals surface area contributed by atoms with Crippen LogP contribution in [-0.2, 0) is 6.54 Å². The van der Waals surface area contributed by atoms with E-state index >= 15 is 0 Å². The van der Waals surface area contributed by atoms with Crippen molar-refractivity contribution in [1.29, 1.82) is 5.26 Å². The first kappa shape index (κ1) is 9.24. The summed E-state index contributed by atoms with van der Waals surface area (Å²) in [6.07, 6.45) is 0. The number of rotatable bonds is 4. The van der Waals surface area contributed by atoms with Crippen LogP contribution in [0.3, 0.4) is 0 Å². The molecule has 0 bridgehead atoms. The molecule has 0 aliphatic rings. The van der Waals surface area contributed by atoms with Crippen molar-refractivity contribution in [3.05, 3.63) is 22.4 Å². The summed E-state index contributed by atoms with van der Waals surface area (Å²) >= 11 is 1.70. The molecule has 12 heavy (non-hydrogen) atoms. The normalized spacial score (nSPS) is 12.3. The molecule has 0 saturated heterocycles. The van der Waals surface area contributed by atoms with E-state index in [1.54, 1.807) is 11.3 Å². The summed E-state index contributed by atoms with van der Waals surface area (Å²) in [4.78, 5) is 0. The third-order valence-electron chi connectivity index (χ3n) is 1.58. The fraction of sp³-hybridized carbons (Fsp3) is 0.444. The van der Waals surface area contributed by atoms with Gasteiger partial charge in [0.2, 0.25) is 0 Å². The van der Waals surface area contributed by atoms with Crippen molar-refractivity contribution in [3.8, 4) is 6.07 Å². The van der Waals surface area contributed by atoms with Crippen LogP contribution in [0.5, 0.6) is 0 Å². The van der Waals surface area contributed by atoms with E-state index in [0.717, 1.165) is 13.1 Å². The van der Waals surface area contributed by atoms with Crippen LogP contribution in [0, 0.1) is 17.2 Å². The Kier molecular flexibility index (Phi) is 3.78. The molecule has 1 heterocycles. The Balaban J connectivity index is 2.16. The molecule has 2 nitrogen and oxygen atoms in total. The molecule has 64 valence electrons. The van der Waals surface area contributed by atoms with Gasteiger partial charge >= 0.3 is 0 Å². The second-order valence-electron chi connectivity index (χ2n) is 2.79. The standard InChI is InChI=1S/C9H12N2S/c1-8(4-10)5-11-6-9-2-3-12-7-9/h2-3,7-8,11H,5-6H2,1H3. The third kappa shape index (κ3) is 3.04. The average molecular weight is 180 g/mol. The van der Waals surface area contributed by atoms with Crippen molar-refractivity contribution < 1.29 is 0 Å². The Morgan fingerprint density at radius 2 is 2.58 bits per heavy atom. The van der Waals surface area contributed by atoms with Gasteiger partial charge in [0.25, 0.3) is 0 Å². The maximum absolute atomic E-state index is 8.50. The van der Waals surface area contributed by atoms with Crippen LogP contribution in [0.4, 0.5) is 0 Å². The van der Waals surface area contributed by atoms with E-state index in [-0.39, 0.29) is 5.92 Å². The van der Waals surface area contributed by atoms with E-state index in [0.29, 0.717) is 0 Å². The highest BCUT2D eigenvalue weighted by Crippen LogP contribution is 2.04. The topological polar surface area (TPSA) is 35.8 Å². The summed E-state index contributed by atoms with van der Waals surface area (Å²) in [6, 6.07) is 4.28. The summed E-state index contributed by atoms with van der Waals surface area (Å²) in [5.74, 6) is 0.101. The Bertz CT molecular complexity index is 248. The monoisotopic (exact) mass is 180 g/mol. The number of hydrogen-bond acceptors (Lipinski definition) is 3. The Hall–Kier alpha value is -0.850. The first-order chi connectivity index (χ1) is 5.83. The maximum atomic E-state index is 8.50. The molecule has 1 N–H and O–H groups in total. The van der Waals surface area contributed by atoms with Crippen LogP contribution in [0.15, 0.2) is 16.8 Å². The summed E-state index contributed by atoms with van der Waals surface area (Å²) < 4.78 is 0. The Labute approximate surface area is 76.8 Å². The minimum atomic E-state index is 0.101. The van der Waals surface area contributed by atoms with Gasteiger partial charge in [0.05, 0.1) is 12.0 Å². The highest BCUT2D eigenvalue weighted by atomic mass is 32.1. The fourth-order valence-electron chi connectivity index (χ4n) is 0.872. The van der Waals surface area contributed by atoms with Gasteiger partial charge in [-0.15, -0.1) is 0 Å². The van der Waals surface area contributed by atoms with Crippen molar-refractivity contribution in [3.63, 3.8) is 0 Å². The van der Waals surface area contributed by atoms with Crippen molar-refractivity contribution in [2.45, 2.75) is 13.5 Å². The third-order valence-corrected chi connectivity index (χ3v) is 2.31. The van der Waals surface area contributed by atoms with E-state index < -0.39 is 0 Å². The van der Waals surface area contributed by atoms with Gasteiger partial charge in [-0.3, -0.25) is 0 Å². The molecule has 1 atom stereocenters. The largest absolute Gasteiger partial charge is 0.311 e. The van der Waals surface area contributed by atoms with Gasteiger partial charge in [0, 0.05) is 13.1 Å². The number of thiophene rings is 1. The van der Waals surface area contributed by atoms with Crippen molar-refractivity contribution in [2.75, 3.05) is 6.54 Å². The zero-order valence-corrected chi connectivity index (χ0v) is 7.90. The number of nitriles is 1. The zero-order chi connectivity index (χ0) is 8.81. The van der Waals surface area contributed by atoms with Crippen molar-refractivity contribution >= 4 is 11.3 Å². The van der Waals surface area contributed by atoms with Crippen LogP contribution in [0.25, 0.3) is 0 Å². The molecule has 3 heteroatoms. The molecule has 0 aliphatic heterocycles. The van der Waals surface area contributed by atoms with Gasteiger partial charge in [-0.25, -0.2) is 0 Å². The van der Waals surface area contributed by atoms with E-state index in [1.807, 2.05) is 6.92 Å². The van der Waals surface area contributed by atoms with Gasteiger partial charge in [0.1, 0.15) is 0 Å². The number of nitrogens with one attached hydrogen (secondary N) is 1. The molecule has 0 radical (unpaired) electrons. The van der Waals surface area contributed by atoms with Gasteiger partial charge in [-0.2, -0.15) is 16.6 Å². The van der Waals surface area contributed by atoms with Crippen LogP contribution >= 0.6 is 11.3 Å². The smallest absolute Gasteiger partial charge is 0.0666 e. The predicted octanol–water partition coefficient (Wildman–Crippen LogP) is 2.00. The van der Waals surface area contributed by atoms with Crippen molar-refractivity contribution in [1.82, 2.24) is 5.32 Å². The van der Waals surface area contributed by atoms with Gasteiger partial charge in [0.15, 0.2) is 0 Å². The molecule has 1 aromatic heterocycles. The average Bonchev–Trinajstić information content (AvgIpc) is 2.57. The molecule has 1 unspecified atom stereocenters. The molecule has 0 amide bonds. The van der Waals surface area contributed by atoms with E-state index in [1.165, 1.54) is 5.56 Å². The molecule has 1 rings (SSSR count). The minimum absolute atomic E-state index is 0.101. The molecule has 0 saturated carbocycles. The summed E-state index contributed by atoms with van der Waals surface area (Å²) in [7, 11) is 0. The predicted molar refractivity (Wildman–Crippen MR) is 50.8 cm³/mol. The molecule has 0 spiro atoms. The van der Waals surface area contributed by atoms with Crippen molar-refractivity contribution in [2.24, 2.45) is 5.92 Å². The van der Waals surface area contributed by atoms with Gasteiger partial charge < -0.3 is 5.32 Å². The highest BCUT2D eigenvalue weighted by Gasteiger charge is 1.97. The highest BCUT2D eigenvalue weighted by molar-refractivity contribution is 7.07. The van der Waals surface area contributed by atoms with Crippen LogP contribution < -0.4 is 5.32 Å². The Morgan fingerprint density at radius 3 is 3.17 bits per heavy atom. The molecule has 0 aliphatic carbocycles. The SMILES string of the molecule is CC(C#N)CNCc1ccsc1. The second-order valence-corrected chi connectivity index (χ2v) is 3.57. The Morgan fingerprint density at radius 1 is 1.75 bits per heavy atom. The minimum Gasteiger partial charge on any atom is -0.311 e. The number of nitrogens with zero attached hydrogens (tertiary/aromatic N) is 1. The molecular formula is C9H12N2S. The molecule has 0 aromatic carbocycles. The lowest BCUT2D eigenvalue weighted by Crippen LogP contribution is -2.19.